The summed E-state index contributed by atoms with van der Waals surface area (Å²) >= 11 is 1.90. The minimum Gasteiger partial charge on any atom is -0.391 e. The zero-order chi connectivity index (χ0) is 12.3. The quantitative estimate of drug-likeness (QED) is 0.799. The Morgan fingerprint density at radius 1 is 1.53 bits per heavy atom. The number of aliphatic hydroxyl groups excluding tert-OH is 1. The molecule has 2 atom stereocenters. The smallest absolute Gasteiger partial charge is 0.317 e. The van der Waals surface area contributed by atoms with Gasteiger partial charge in [-0.1, -0.05) is 0 Å². The molecule has 2 aliphatic rings. The molecule has 0 aromatic rings. The zero-order valence-corrected chi connectivity index (χ0v) is 11.2. The lowest BCUT2D eigenvalue weighted by atomic mass is 10.2. The average molecular weight is 258 g/mol. The van der Waals surface area contributed by atoms with Crippen molar-refractivity contribution < 1.29 is 9.90 Å². The number of carbonyl (C=O) groups excluding carboxylic acids is 1. The van der Waals surface area contributed by atoms with Crippen molar-refractivity contribution in [2.45, 2.75) is 37.8 Å². The van der Waals surface area contributed by atoms with Crippen molar-refractivity contribution in [2.75, 3.05) is 25.1 Å². The Morgan fingerprint density at radius 3 is 2.88 bits per heavy atom. The van der Waals surface area contributed by atoms with E-state index < -0.39 is 0 Å². The number of nitrogens with zero attached hydrogens (tertiary/aromatic N) is 1. The molecule has 17 heavy (non-hydrogen) atoms. The lowest BCUT2D eigenvalue weighted by molar-refractivity contribution is 0.112. The molecule has 0 spiro atoms. The topological polar surface area (TPSA) is 52.6 Å². The van der Waals surface area contributed by atoms with Crippen LogP contribution >= 0.6 is 11.8 Å². The van der Waals surface area contributed by atoms with E-state index in [1.54, 1.807) is 11.9 Å². The minimum absolute atomic E-state index is 0.0443. The largest absolute Gasteiger partial charge is 0.391 e. The van der Waals surface area contributed by atoms with E-state index in [-0.39, 0.29) is 12.1 Å². The van der Waals surface area contributed by atoms with Gasteiger partial charge in [-0.3, -0.25) is 0 Å². The van der Waals surface area contributed by atoms with Gasteiger partial charge in [-0.25, -0.2) is 4.79 Å². The molecule has 0 bridgehead atoms. The molecule has 4 nitrogen and oxygen atoms in total. The fourth-order valence-electron chi connectivity index (χ4n) is 2.13. The lowest BCUT2D eigenvalue weighted by Crippen LogP contribution is -2.47. The molecule has 2 N–H and O–H groups in total. The van der Waals surface area contributed by atoms with Gasteiger partial charge >= 0.3 is 6.03 Å². The average Bonchev–Trinajstić information content (AvgIpc) is 3.14. The molecular formula is C12H22N2O2S. The van der Waals surface area contributed by atoms with Crippen molar-refractivity contribution in [1.82, 2.24) is 10.2 Å². The van der Waals surface area contributed by atoms with Crippen LogP contribution < -0.4 is 5.32 Å². The van der Waals surface area contributed by atoms with Crippen LogP contribution in [0.5, 0.6) is 0 Å². The van der Waals surface area contributed by atoms with Gasteiger partial charge in [0.15, 0.2) is 0 Å². The van der Waals surface area contributed by atoms with Gasteiger partial charge in [-0.15, -0.1) is 0 Å². The predicted molar refractivity (Wildman–Crippen MR) is 70.2 cm³/mol. The summed E-state index contributed by atoms with van der Waals surface area (Å²) in [7, 11) is 1.76. The van der Waals surface area contributed by atoms with E-state index >= 15 is 0 Å². The molecule has 2 fully saturated rings. The summed E-state index contributed by atoms with van der Waals surface area (Å²) in [6.45, 7) is 0.455. The van der Waals surface area contributed by atoms with Crippen LogP contribution in [0.25, 0.3) is 0 Å². The number of urea groups is 1. The number of amides is 2. The van der Waals surface area contributed by atoms with Crippen molar-refractivity contribution in [1.29, 1.82) is 0 Å². The van der Waals surface area contributed by atoms with E-state index in [0.717, 1.165) is 25.0 Å². The SMILES string of the molecule is CN(CC(O)C1CC1)C(=O)NC1CCCSC1. The number of likely N-dealkylation sites (N-methyl/N-ethyl adjacent to an activating group) is 1. The van der Waals surface area contributed by atoms with Crippen LogP contribution in [0.4, 0.5) is 4.79 Å². The van der Waals surface area contributed by atoms with Crippen LogP contribution in [0, 0.1) is 5.92 Å². The second-order valence-electron chi connectivity index (χ2n) is 5.15. The predicted octanol–water partition coefficient (Wildman–Crippen LogP) is 1.29. The third-order valence-electron chi connectivity index (χ3n) is 3.46. The molecule has 1 aliphatic heterocycles. The second kappa shape index (κ2) is 5.96. The van der Waals surface area contributed by atoms with Gasteiger partial charge in [-0.2, -0.15) is 11.8 Å². The maximum atomic E-state index is 11.9. The highest BCUT2D eigenvalue weighted by atomic mass is 32.2. The van der Waals surface area contributed by atoms with Gasteiger partial charge in [0.2, 0.25) is 0 Å². The molecule has 1 saturated carbocycles. The summed E-state index contributed by atoms with van der Waals surface area (Å²) in [5, 5.41) is 12.8. The first-order valence-electron chi connectivity index (χ1n) is 6.44. The number of carbonyl (C=O) groups is 1. The van der Waals surface area contributed by atoms with E-state index in [0.29, 0.717) is 18.5 Å². The number of rotatable bonds is 4. The van der Waals surface area contributed by atoms with Gasteiger partial charge in [0.25, 0.3) is 0 Å². The molecule has 2 amide bonds. The number of hydrogen-bond donors (Lipinski definition) is 2. The highest BCUT2D eigenvalue weighted by Crippen LogP contribution is 2.32. The van der Waals surface area contributed by atoms with E-state index in [4.69, 9.17) is 0 Å². The molecule has 0 aromatic carbocycles. The zero-order valence-electron chi connectivity index (χ0n) is 10.4. The summed E-state index contributed by atoms with van der Waals surface area (Å²) < 4.78 is 0. The summed E-state index contributed by atoms with van der Waals surface area (Å²) in [5.41, 5.74) is 0. The minimum atomic E-state index is -0.341. The van der Waals surface area contributed by atoms with Crippen LogP contribution in [0.15, 0.2) is 0 Å². The second-order valence-corrected chi connectivity index (χ2v) is 6.30. The molecule has 1 aliphatic carbocycles. The summed E-state index contributed by atoms with van der Waals surface area (Å²) in [4.78, 5) is 13.5. The van der Waals surface area contributed by atoms with Crippen molar-refractivity contribution in [2.24, 2.45) is 5.92 Å². The summed E-state index contributed by atoms with van der Waals surface area (Å²) in [5.74, 6) is 2.66. The van der Waals surface area contributed by atoms with Crippen molar-refractivity contribution in [3.8, 4) is 0 Å². The van der Waals surface area contributed by atoms with Gasteiger partial charge in [0.05, 0.1) is 6.10 Å². The number of nitrogens with one attached hydrogen (secondary N) is 1. The first kappa shape index (κ1) is 13.0. The Balaban J connectivity index is 1.69. The van der Waals surface area contributed by atoms with Gasteiger partial charge in [0.1, 0.15) is 0 Å². The van der Waals surface area contributed by atoms with Gasteiger partial charge in [0, 0.05) is 25.4 Å². The fourth-order valence-corrected chi connectivity index (χ4v) is 3.20. The molecule has 1 saturated heterocycles. The maximum Gasteiger partial charge on any atom is 0.317 e. The first-order chi connectivity index (χ1) is 8.16. The van der Waals surface area contributed by atoms with Crippen molar-refractivity contribution >= 4 is 17.8 Å². The molecule has 0 radical (unpaired) electrons. The maximum absolute atomic E-state index is 11.9. The van der Waals surface area contributed by atoms with E-state index in [1.165, 1.54) is 12.2 Å². The number of aliphatic hydroxyl groups is 1. The van der Waals surface area contributed by atoms with E-state index in [9.17, 15) is 9.90 Å². The van der Waals surface area contributed by atoms with E-state index in [1.807, 2.05) is 11.8 Å². The third kappa shape index (κ3) is 4.07. The van der Waals surface area contributed by atoms with Crippen LogP contribution in [0.1, 0.15) is 25.7 Å². The van der Waals surface area contributed by atoms with Gasteiger partial charge < -0.3 is 15.3 Å². The van der Waals surface area contributed by atoms with Crippen molar-refractivity contribution in [3.63, 3.8) is 0 Å². The van der Waals surface area contributed by atoms with Crippen LogP contribution in [-0.4, -0.2) is 53.3 Å². The Labute approximate surface area is 107 Å². The summed E-state index contributed by atoms with van der Waals surface area (Å²) in [6.07, 6.45) is 4.14. The molecule has 2 rings (SSSR count). The third-order valence-corrected chi connectivity index (χ3v) is 4.68. The molecule has 2 unspecified atom stereocenters. The highest BCUT2D eigenvalue weighted by Gasteiger charge is 2.31. The van der Waals surface area contributed by atoms with Crippen LogP contribution in [-0.2, 0) is 0 Å². The van der Waals surface area contributed by atoms with E-state index in [2.05, 4.69) is 5.32 Å². The first-order valence-corrected chi connectivity index (χ1v) is 7.59. The fraction of sp³-hybridized carbons (Fsp3) is 0.917. The number of hydrogen-bond acceptors (Lipinski definition) is 3. The Morgan fingerprint density at radius 2 is 2.29 bits per heavy atom. The van der Waals surface area contributed by atoms with Gasteiger partial charge in [-0.05, 0) is 37.4 Å². The Hall–Kier alpha value is -0.420. The molecule has 98 valence electrons. The molecule has 1 heterocycles. The van der Waals surface area contributed by atoms with Crippen LogP contribution in [0.2, 0.25) is 0 Å². The number of thioether (sulfide) groups is 1. The molecular weight excluding hydrogens is 236 g/mol. The molecule has 5 heteroatoms. The normalized spacial score (nSPS) is 26.4. The molecule has 0 aromatic heterocycles. The summed E-state index contributed by atoms with van der Waals surface area (Å²) in [6, 6.07) is 0.263. The highest BCUT2D eigenvalue weighted by molar-refractivity contribution is 7.99. The van der Waals surface area contributed by atoms with Crippen LogP contribution in [0.3, 0.4) is 0 Å². The van der Waals surface area contributed by atoms with Crippen molar-refractivity contribution in [3.05, 3.63) is 0 Å². The Bertz CT molecular complexity index is 265. The lowest BCUT2D eigenvalue weighted by Gasteiger charge is -2.27. The monoisotopic (exact) mass is 258 g/mol. The standard InChI is InChI=1S/C12H22N2O2S/c1-14(7-11(15)9-4-5-9)12(16)13-10-3-2-6-17-8-10/h9-11,15H,2-8H2,1H3,(H,13,16). The Kier molecular flexibility index (Phi) is 4.56.